The van der Waals surface area contributed by atoms with Crippen molar-refractivity contribution in [3.8, 4) is 12.3 Å². The molecule has 6 nitrogen and oxygen atoms in total. The van der Waals surface area contributed by atoms with E-state index in [9.17, 15) is 13.2 Å². The van der Waals surface area contributed by atoms with Gasteiger partial charge in [-0.05, 0) is 30.3 Å². The van der Waals surface area contributed by atoms with E-state index in [1.54, 1.807) is 12.1 Å². The Morgan fingerprint density at radius 1 is 1.25 bits per heavy atom. The van der Waals surface area contributed by atoms with Crippen LogP contribution in [0.5, 0.6) is 0 Å². The van der Waals surface area contributed by atoms with Gasteiger partial charge in [0.25, 0.3) is 0 Å². The van der Waals surface area contributed by atoms with E-state index in [4.69, 9.17) is 22.8 Å². The van der Waals surface area contributed by atoms with Gasteiger partial charge in [0.2, 0.25) is 10.0 Å². The Kier molecular flexibility index (Phi) is 5.93. The van der Waals surface area contributed by atoms with Gasteiger partial charge in [0.05, 0.1) is 17.0 Å². The summed E-state index contributed by atoms with van der Waals surface area (Å²) in [5.41, 5.74) is 0.915. The molecule has 1 aromatic carbocycles. The molecule has 0 amide bonds. The van der Waals surface area contributed by atoms with Crippen molar-refractivity contribution in [2.24, 2.45) is 0 Å². The van der Waals surface area contributed by atoms with E-state index in [1.807, 2.05) is 0 Å². The Balaban J connectivity index is 2.01. The molecule has 0 spiro atoms. The molecule has 0 aliphatic heterocycles. The van der Waals surface area contributed by atoms with Gasteiger partial charge in [0.15, 0.2) is 0 Å². The highest BCUT2D eigenvalue weighted by molar-refractivity contribution is 7.89. The number of hydrogen-bond donors (Lipinski definition) is 1. The molecule has 0 radical (unpaired) electrons. The van der Waals surface area contributed by atoms with Crippen molar-refractivity contribution < 1.29 is 17.9 Å². The van der Waals surface area contributed by atoms with Crippen molar-refractivity contribution in [3.63, 3.8) is 0 Å². The van der Waals surface area contributed by atoms with E-state index in [0.29, 0.717) is 10.7 Å². The second-order valence-corrected chi connectivity index (χ2v) is 6.77. The average Bonchev–Trinajstić information content (AvgIpc) is 2.59. The molecule has 0 fully saturated rings. The first-order valence-corrected chi connectivity index (χ1v) is 8.59. The Morgan fingerprint density at radius 3 is 2.54 bits per heavy atom. The molecule has 2 rings (SSSR count). The highest BCUT2D eigenvalue weighted by atomic mass is 35.5. The Bertz CT molecular complexity index is 856. The van der Waals surface area contributed by atoms with Gasteiger partial charge in [-0.25, -0.2) is 18.2 Å². The van der Waals surface area contributed by atoms with Gasteiger partial charge in [-0.2, -0.15) is 4.72 Å². The third-order valence-corrected chi connectivity index (χ3v) is 4.56. The zero-order chi connectivity index (χ0) is 17.6. The fraction of sp³-hybridized carbons (Fsp3) is 0.125. The first-order valence-electron chi connectivity index (χ1n) is 6.73. The number of pyridine rings is 1. The minimum atomic E-state index is -3.69. The molecule has 0 saturated heterocycles. The minimum Gasteiger partial charge on any atom is -0.457 e. The van der Waals surface area contributed by atoms with Crippen LogP contribution in [0.2, 0.25) is 5.15 Å². The smallest absolute Gasteiger partial charge is 0.338 e. The number of ether oxygens (including phenoxy) is 1. The summed E-state index contributed by atoms with van der Waals surface area (Å²) in [6.07, 6.45) is 6.52. The lowest BCUT2D eigenvalue weighted by molar-refractivity contribution is 0.0472. The third-order valence-electron chi connectivity index (χ3n) is 2.92. The fourth-order valence-corrected chi connectivity index (χ4v) is 2.76. The number of nitrogens with one attached hydrogen (secondary N) is 1. The lowest BCUT2D eigenvalue weighted by atomic mass is 10.2. The molecule has 0 bridgehead atoms. The van der Waals surface area contributed by atoms with Crippen molar-refractivity contribution in [1.82, 2.24) is 9.71 Å². The number of nitrogens with zero attached hydrogens (tertiary/aromatic N) is 1. The largest absolute Gasteiger partial charge is 0.457 e. The van der Waals surface area contributed by atoms with Gasteiger partial charge in [-0.15, -0.1) is 6.42 Å². The summed E-state index contributed by atoms with van der Waals surface area (Å²) in [6.45, 7) is -0.0754. The predicted molar refractivity (Wildman–Crippen MR) is 88.8 cm³/mol. The second-order valence-electron chi connectivity index (χ2n) is 4.62. The van der Waals surface area contributed by atoms with Gasteiger partial charge < -0.3 is 4.74 Å². The van der Waals surface area contributed by atoms with Crippen molar-refractivity contribution in [3.05, 3.63) is 58.9 Å². The predicted octanol–water partition coefficient (Wildman–Crippen LogP) is 2.00. The lowest BCUT2D eigenvalue weighted by Crippen LogP contribution is -2.23. The topological polar surface area (TPSA) is 85.4 Å². The number of aromatic nitrogens is 1. The van der Waals surface area contributed by atoms with E-state index >= 15 is 0 Å². The Hall–Kier alpha value is -2.40. The van der Waals surface area contributed by atoms with Crippen LogP contribution in [0, 0.1) is 12.3 Å². The van der Waals surface area contributed by atoms with Gasteiger partial charge in [-0.1, -0.05) is 23.6 Å². The van der Waals surface area contributed by atoms with E-state index in [-0.39, 0.29) is 23.6 Å². The number of hydrogen-bond acceptors (Lipinski definition) is 5. The van der Waals surface area contributed by atoms with Gasteiger partial charge in [0, 0.05) is 11.8 Å². The maximum Gasteiger partial charge on any atom is 0.338 e. The average molecular weight is 365 g/mol. The summed E-state index contributed by atoms with van der Waals surface area (Å²) in [7, 11) is -3.69. The SMILES string of the molecule is C#CCNS(=O)(=O)c1ccc(C(=O)OCc2ccc(Cl)nc2)cc1. The van der Waals surface area contributed by atoms with Crippen molar-refractivity contribution >= 4 is 27.6 Å². The summed E-state index contributed by atoms with van der Waals surface area (Å²) in [5.74, 6) is 1.60. The quantitative estimate of drug-likeness (QED) is 0.481. The maximum atomic E-state index is 12.0. The van der Waals surface area contributed by atoms with Crippen LogP contribution in [0.25, 0.3) is 0 Å². The van der Waals surface area contributed by atoms with Crippen molar-refractivity contribution in [1.29, 1.82) is 0 Å². The summed E-state index contributed by atoms with van der Waals surface area (Å²) in [4.78, 5) is 15.8. The molecule has 2 aromatic rings. The number of carbonyl (C=O) groups is 1. The first kappa shape index (κ1) is 17.9. The number of halogens is 1. The van der Waals surface area contributed by atoms with E-state index in [0.717, 1.165) is 0 Å². The number of rotatable bonds is 6. The molecule has 1 aromatic heterocycles. The van der Waals surface area contributed by atoms with Gasteiger partial charge in [0.1, 0.15) is 11.8 Å². The Labute approximate surface area is 144 Å². The second kappa shape index (κ2) is 7.93. The summed E-state index contributed by atoms with van der Waals surface area (Å²) < 4.78 is 31.1. The maximum absolute atomic E-state index is 12.0. The summed E-state index contributed by atoms with van der Waals surface area (Å²) in [5, 5.41) is 0.348. The molecule has 24 heavy (non-hydrogen) atoms. The van der Waals surface area contributed by atoms with E-state index in [2.05, 4.69) is 15.6 Å². The molecule has 0 aliphatic rings. The monoisotopic (exact) mass is 364 g/mol. The van der Waals surface area contributed by atoms with Crippen molar-refractivity contribution in [2.45, 2.75) is 11.5 Å². The third kappa shape index (κ3) is 4.80. The van der Waals surface area contributed by atoms with Gasteiger partial charge >= 0.3 is 5.97 Å². The molecule has 1 N–H and O–H groups in total. The highest BCUT2D eigenvalue weighted by Gasteiger charge is 2.14. The van der Waals surface area contributed by atoms with Crippen LogP contribution >= 0.6 is 11.6 Å². The zero-order valence-electron chi connectivity index (χ0n) is 12.4. The fourth-order valence-electron chi connectivity index (χ4n) is 1.71. The van der Waals surface area contributed by atoms with Crippen LogP contribution in [-0.4, -0.2) is 25.9 Å². The number of benzene rings is 1. The molecule has 1 heterocycles. The molecular formula is C16H13ClN2O4S. The molecule has 8 heteroatoms. The summed E-state index contributed by atoms with van der Waals surface area (Å²) >= 11 is 5.67. The van der Waals surface area contributed by atoms with Crippen LogP contribution in [0.4, 0.5) is 0 Å². The highest BCUT2D eigenvalue weighted by Crippen LogP contribution is 2.12. The number of esters is 1. The van der Waals surface area contributed by atoms with Crippen LogP contribution in [0.1, 0.15) is 15.9 Å². The molecule has 124 valence electrons. The lowest BCUT2D eigenvalue weighted by Gasteiger charge is -2.07. The molecule has 0 unspecified atom stereocenters. The van der Waals surface area contributed by atoms with Crippen LogP contribution in [0.3, 0.4) is 0 Å². The Morgan fingerprint density at radius 2 is 1.96 bits per heavy atom. The molecular weight excluding hydrogens is 352 g/mol. The standard InChI is InChI=1S/C16H13ClN2O4S/c1-2-9-19-24(21,22)14-6-4-13(5-7-14)16(20)23-11-12-3-8-15(17)18-10-12/h1,3-8,10,19H,9,11H2. The van der Waals surface area contributed by atoms with Gasteiger partial charge in [-0.3, -0.25) is 0 Å². The van der Waals surface area contributed by atoms with Crippen LogP contribution in [-0.2, 0) is 21.4 Å². The zero-order valence-corrected chi connectivity index (χ0v) is 14.0. The normalized spacial score (nSPS) is 10.8. The number of terminal acetylenes is 1. The van der Waals surface area contributed by atoms with E-state index < -0.39 is 16.0 Å². The molecule has 0 aliphatic carbocycles. The van der Waals surface area contributed by atoms with Crippen LogP contribution in [0.15, 0.2) is 47.5 Å². The first-order chi connectivity index (χ1) is 11.4. The van der Waals surface area contributed by atoms with Crippen molar-refractivity contribution in [2.75, 3.05) is 6.54 Å². The van der Waals surface area contributed by atoms with E-state index in [1.165, 1.54) is 30.5 Å². The van der Waals surface area contributed by atoms with Crippen LogP contribution < -0.4 is 4.72 Å². The molecule has 0 atom stereocenters. The number of carbonyl (C=O) groups excluding carboxylic acids is 1. The number of sulfonamides is 1. The molecule has 0 saturated carbocycles. The summed E-state index contributed by atoms with van der Waals surface area (Å²) in [6, 6.07) is 8.63. The minimum absolute atomic E-state index is 0.0104.